The van der Waals surface area contributed by atoms with Gasteiger partial charge in [0.05, 0.1) is 10.2 Å². The van der Waals surface area contributed by atoms with Gasteiger partial charge < -0.3 is 4.57 Å². The number of aryl methyl sites for hydroxylation is 1. The molecule has 1 heterocycles. The zero-order chi connectivity index (χ0) is 16.7. The molecular weight excluding hydrogens is 340 g/mol. The second kappa shape index (κ2) is 5.89. The van der Waals surface area contributed by atoms with Crippen LogP contribution in [0, 0.1) is 0 Å². The molecule has 118 valence electrons. The van der Waals surface area contributed by atoms with Gasteiger partial charge in [-0.2, -0.15) is 4.99 Å². The molecule has 0 saturated heterocycles. The van der Waals surface area contributed by atoms with E-state index in [0.717, 1.165) is 15.6 Å². The van der Waals surface area contributed by atoms with Gasteiger partial charge in [-0.3, -0.25) is 4.79 Å². The molecule has 0 saturated carbocycles. The Morgan fingerprint density at radius 2 is 1.92 bits per heavy atom. The quantitative estimate of drug-likeness (QED) is 0.485. The lowest BCUT2D eigenvalue weighted by atomic mass is 10.1. The second-order valence-corrected chi connectivity index (χ2v) is 6.95. The van der Waals surface area contributed by atoms with Crippen LogP contribution < -0.4 is 4.80 Å². The predicted molar refractivity (Wildman–Crippen MR) is 99.6 cm³/mol. The standard InChI is InChI=1S/C19H13ClN2OS/c1-22-17-15-8-3-2-5-12(15)9-10-16(17)24-19(22)21-18(23)13-6-4-7-14(20)11-13/h2-11H,1H3. The minimum atomic E-state index is -0.288. The van der Waals surface area contributed by atoms with Crippen LogP contribution in [0.1, 0.15) is 10.4 Å². The molecule has 0 radical (unpaired) electrons. The normalized spacial score (nSPS) is 12.2. The fourth-order valence-electron chi connectivity index (χ4n) is 2.80. The van der Waals surface area contributed by atoms with Crippen LogP contribution in [0.3, 0.4) is 0 Å². The molecule has 0 aliphatic rings. The smallest absolute Gasteiger partial charge is 0.279 e. The molecule has 0 spiro atoms. The van der Waals surface area contributed by atoms with Crippen molar-refractivity contribution >= 4 is 49.8 Å². The highest BCUT2D eigenvalue weighted by molar-refractivity contribution is 7.16. The second-order valence-electron chi connectivity index (χ2n) is 5.50. The van der Waals surface area contributed by atoms with Crippen LogP contribution >= 0.6 is 22.9 Å². The van der Waals surface area contributed by atoms with Crippen LogP contribution in [-0.2, 0) is 7.05 Å². The number of nitrogens with zero attached hydrogens (tertiary/aromatic N) is 2. The number of hydrogen-bond donors (Lipinski definition) is 0. The minimum Gasteiger partial charge on any atom is -0.319 e. The summed E-state index contributed by atoms with van der Waals surface area (Å²) in [6.45, 7) is 0. The molecule has 3 aromatic carbocycles. The first kappa shape index (κ1) is 15.1. The summed E-state index contributed by atoms with van der Waals surface area (Å²) in [6.07, 6.45) is 0. The molecule has 1 aromatic heterocycles. The summed E-state index contributed by atoms with van der Waals surface area (Å²) in [5.41, 5.74) is 1.58. The van der Waals surface area contributed by atoms with E-state index in [2.05, 4.69) is 29.3 Å². The Morgan fingerprint density at radius 1 is 1.08 bits per heavy atom. The molecule has 0 atom stereocenters. The lowest BCUT2D eigenvalue weighted by Crippen LogP contribution is -2.13. The van der Waals surface area contributed by atoms with Gasteiger partial charge in [0.1, 0.15) is 0 Å². The van der Waals surface area contributed by atoms with Crippen LogP contribution in [0.4, 0.5) is 0 Å². The number of carbonyl (C=O) groups excluding carboxylic acids is 1. The van der Waals surface area contributed by atoms with Gasteiger partial charge in [-0.25, -0.2) is 0 Å². The van der Waals surface area contributed by atoms with Crippen LogP contribution in [0.15, 0.2) is 65.7 Å². The monoisotopic (exact) mass is 352 g/mol. The average Bonchev–Trinajstić information content (AvgIpc) is 2.91. The van der Waals surface area contributed by atoms with Crippen LogP contribution in [-0.4, -0.2) is 10.5 Å². The highest BCUT2D eigenvalue weighted by Crippen LogP contribution is 2.26. The molecule has 0 unspecified atom stereocenters. The Labute approximate surface area is 147 Å². The molecule has 0 bridgehead atoms. The van der Waals surface area contributed by atoms with E-state index in [0.29, 0.717) is 15.4 Å². The van der Waals surface area contributed by atoms with Crippen molar-refractivity contribution in [3.63, 3.8) is 0 Å². The zero-order valence-electron chi connectivity index (χ0n) is 12.9. The van der Waals surface area contributed by atoms with Gasteiger partial charge in [0, 0.05) is 23.0 Å². The third-order valence-electron chi connectivity index (χ3n) is 3.96. The van der Waals surface area contributed by atoms with Gasteiger partial charge in [-0.15, -0.1) is 0 Å². The third-order valence-corrected chi connectivity index (χ3v) is 5.29. The highest BCUT2D eigenvalue weighted by Gasteiger charge is 2.09. The summed E-state index contributed by atoms with van der Waals surface area (Å²) in [4.78, 5) is 17.4. The topological polar surface area (TPSA) is 34.4 Å². The van der Waals surface area contributed by atoms with E-state index < -0.39 is 0 Å². The van der Waals surface area contributed by atoms with Crippen molar-refractivity contribution in [3.05, 3.63) is 76.1 Å². The molecule has 0 fully saturated rings. The fourth-order valence-corrected chi connectivity index (χ4v) is 4.02. The van der Waals surface area contributed by atoms with E-state index in [-0.39, 0.29) is 5.91 Å². The predicted octanol–water partition coefficient (Wildman–Crippen LogP) is 4.79. The summed E-state index contributed by atoms with van der Waals surface area (Å²) in [7, 11) is 1.94. The number of rotatable bonds is 1. The highest BCUT2D eigenvalue weighted by atomic mass is 35.5. The van der Waals surface area contributed by atoms with Gasteiger partial charge in [0.15, 0.2) is 4.80 Å². The number of carbonyl (C=O) groups is 1. The van der Waals surface area contributed by atoms with Crippen LogP contribution in [0.2, 0.25) is 5.02 Å². The summed E-state index contributed by atoms with van der Waals surface area (Å²) in [5.74, 6) is -0.288. The Kier molecular flexibility index (Phi) is 3.71. The van der Waals surface area contributed by atoms with Gasteiger partial charge in [0.2, 0.25) is 0 Å². The van der Waals surface area contributed by atoms with E-state index in [4.69, 9.17) is 11.6 Å². The van der Waals surface area contributed by atoms with Crippen molar-refractivity contribution in [2.45, 2.75) is 0 Å². The molecule has 24 heavy (non-hydrogen) atoms. The molecule has 0 N–H and O–H groups in total. The number of halogens is 1. The molecule has 1 amide bonds. The van der Waals surface area contributed by atoms with Crippen molar-refractivity contribution in [1.29, 1.82) is 0 Å². The van der Waals surface area contributed by atoms with Gasteiger partial charge in [-0.1, -0.05) is 59.3 Å². The van der Waals surface area contributed by atoms with Crippen molar-refractivity contribution in [2.24, 2.45) is 12.0 Å². The first-order valence-corrected chi connectivity index (χ1v) is 8.65. The summed E-state index contributed by atoms with van der Waals surface area (Å²) < 4.78 is 3.08. The van der Waals surface area contributed by atoms with Crippen molar-refractivity contribution in [3.8, 4) is 0 Å². The number of hydrogen-bond acceptors (Lipinski definition) is 2. The number of fused-ring (bicyclic) bond motifs is 3. The first-order valence-electron chi connectivity index (χ1n) is 7.45. The van der Waals surface area contributed by atoms with E-state index in [9.17, 15) is 4.79 Å². The zero-order valence-corrected chi connectivity index (χ0v) is 14.4. The number of benzene rings is 3. The van der Waals surface area contributed by atoms with E-state index >= 15 is 0 Å². The van der Waals surface area contributed by atoms with E-state index in [1.807, 2.05) is 23.7 Å². The Hall–Kier alpha value is -2.43. The molecule has 4 aromatic rings. The Bertz CT molecular complexity index is 1160. The maximum absolute atomic E-state index is 12.4. The Morgan fingerprint density at radius 3 is 2.75 bits per heavy atom. The van der Waals surface area contributed by atoms with Crippen molar-refractivity contribution in [2.75, 3.05) is 0 Å². The fraction of sp³-hybridized carbons (Fsp3) is 0.0526. The van der Waals surface area contributed by atoms with Gasteiger partial charge in [0.25, 0.3) is 5.91 Å². The largest absolute Gasteiger partial charge is 0.319 e. The molecule has 4 rings (SSSR count). The summed E-state index contributed by atoms with van der Waals surface area (Å²) >= 11 is 7.46. The summed E-state index contributed by atoms with van der Waals surface area (Å²) in [6, 6.07) is 19.2. The van der Waals surface area contributed by atoms with Crippen molar-refractivity contribution < 1.29 is 4.79 Å². The molecule has 0 aliphatic heterocycles. The van der Waals surface area contributed by atoms with Gasteiger partial charge >= 0.3 is 0 Å². The van der Waals surface area contributed by atoms with Gasteiger partial charge in [-0.05, 0) is 29.7 Å². The SMILES string of the molecule is Cn1c(=NC(=O)c2cccc(Cl)c2)sc2ccc3ccccc3c21. The lowest BCUT2D eigenvalue weighted by Gasteiger charge is -2.01. The van der Waals surface area contributed by atoms with Crippen molar-refractivity contribution in [1.82, 2.24) is 4.57 Å². The van der Waals surface area contributed by atoms with Crippen LogP contribution in [0.25, 0.3) is 21.0 Å². The molecule has 5 heteroatoms. The van der Waals surface area contributed by atoms with Crippen LogP contribution in [0.5, 0.6) is 0 Å². The van der Waals surface area contributed by atoms with E-state index in [1.165, 1.54) is 16.7 Å². The number of thiazole rings is 1. The maximum Gasteiger partial charge on any atom is 0.279 e. The molecule has 0 aliphatic carbocycles. The third kappa shape index (κ3) is 2.54. The molecular formula is C19H13ClN2OS. The maximum atomic E-state index is 12.4. The van der Waals surface area contributed by atoms with E-state index in [1.54, 1.807) is 24.3 Å². The molecule has 3 nitrogen and oxygen atoms in total. The first-order chi connectivity index (χ1) is 11.6. The average molecular weight is 353 g/mol. The number of amides is 1. The Balaban J connectivity index is 1.93. The minimum absolute atomic E-state index is 0.288. The lowest BCUT2D eigenvalue weighted by molar-refractivity contribution is 0.0998. The number of aromatic nitrogens is 1. The summed E-state index contributed by atoms with van der Waals surface area (Å²) in [5, 5.41) is 2.86.